The molecule has 0 aliphatic rings. The zero-order valence-corrected chi connectivity index (χ0v) is 6.37. The number of aromatic nitrogens is 1. The Morgan fingerprint density at radius 3 is 2.54 bits per heavy atom. The minimum atomic E-state index is -1.50. The number of fused-ring (bicyclic) bond motifs is 1. The van der Waals surface area contributed by atoms with E-state index in [-0.39, 0.29) is 16.6 Å². The van der Waals surface area contributed by atoms with Gasteiger partial charge >= 0.3 is 0 Å². The number of anilines is 1. The van der Waals surface area contributed by atoms with Gasteiger partial charge in [0.1, 0.15) is 0 Å². The smallest absolute Gasteiger partial charge is 0.195 e. The van der Waals surface area contributed by atoms with Crippen LogP contribution >= 0.6 is 0 Å². The summed E-state index contributed by atoms with van der Waals surface area (Å²) in [5.41, 5.74) is 5.54. The van der Waals surface area contributed by atoms with Crippen molar-refractivity contribution in [2.45, 2.75) is 0 Å². The van der Waals surface area contributed by atoms with E-state index < -0.39 is 17.5 Å². The van der Waals surface area contributed by atoms with Crippen LogP contribution in [0.5, 0.6) is 0 Å². The highest BCUT2D eigenvalue weighted by Gasteiger charge is 2.15. The summed E-state index contributed by atoms with van der Waals surface area (Å²) in [6.45, 7) is 0. The summed E-state index contributed by atoms with van der Waals surface area (Å²) in [6.07, 6.45) is 1.28. The second-order valence-corrected chi connectivity index (χ2v) is 2.65. The zero-order valence-electron chi connectivity index (χ0n) is 6.37. The van der Waals surface area contributed by atoms with Crippen molar-refractivity contribution in [2.24, 2.45) is 0 Å². The average molecular weight is 186 g/mol. The molecule has 0 atom stereocenters. The quantitative estimate of drug-likeness (QED) is 0.608. The first-order valence-electron chi connectivity index (χ1n) is 3.51. The Hall–Kier alpha value is -1.65. The van der Waals surface area contributed by atoms with Gasteiger partial charge in [-0.2, -0.15) is 0 Å². The van der Waals surface area contributed by atoms with Crippen LogP contribution in [0.15, 0.2) is 12.3 Å². The van der Waals surface area contributed by atoms with Gasteiger partial charge in [-0.05, 0) is 0 Å². The van der Waals surface area contributed by atoms with Crippen LogP contribution in [0.1, 0.15) is 0 Å². The normalized spacial score (nSPS) is 11.0. The molecule has 3 N–H and O–H groups in total. The highest BCUT2D eigenvalue weighted by atomic mass is 19.2. The molecule has 1 aromatic carbocycles. The average Bonchev–Trinajstić information content (AvgIpc) is 2.43. The number of hydrogen-bond donors (Lipinski definition) is 2. The van der Waals surface area contributed by atoms with Crippen molar-refractivity contribution in [1.82, 2.24) is 4.98 Å². The monoisotopic (exact) mass is 186 g/mol. The lowest BCUT2D eigenvalue weighted by atomic mass is 10.2. The van der Waals surface area contributed by atoms with E-state index in [1.54, 1.807) is 0 Å². The lowest BCUT2D eigenvalue weighted by Gasteiger charge is -1.97. The third kappa shape index (κ3) is 0.965. The number of hydrogen-bond acceptors (Lipinski definition) is 1. The number of aromatic amines is 1. The van der Waals surface area contributed by atoms with Gasteiger partial charge in [0, 0.05) is 12.3 Å². The second kappa shape index (κ2) is 2.42. The Bertz CT molecular complexity index is 476. The fourth-order valence-corrected chi connectivity index (χ4v) is 1.22. The number of benzene rings is 1. The maximum Gasteiger partial charge on any atom is 0.195 e. The van der Waals surface area contributed by atoms with Crippen molar-refractivity contribution in [3.8, 4) is 0 Å². The van der Waals surface area contributed by atoms with Gasteiger partial charge in [0.25, 0.3) is 0 Å². The largest absolute Gasteiger partial charge is 0.397 e. The zero-order chi connectivity index (χ0) is 9.59. The van der Waals surface area contributed by atoms with Gasteiger partial charge in [-0.15, -0.1) is 0 Å². The third-order valence-corrected chi connectivity index (χ3v) is 1.83. The van der Waals surface area contributed by atoms with Crippen LogP contribution in [0.3, 0.4) is 0 Å². The number of rotatable bonds is 0. The predicted molar refractivity (Wildman–Crippen MR) is 42.6 cm³/mol. The summed E-state index contributed by atoms with van der Waals surface area (Å²) in [6, 6.07) is 0.865. The van der Waals surface area contributed by atoms with Gasteiger partial charge in [0.05, 0.1) is 16.6 Å². The van der Waals surface area contributed by atoms with Crippen LogP contribution in [-0.4, -0.2) is 4.98 Å². The molecule has 0 aliphatic heterocycles. The molecule has 5 heteroatoms. The van der Waals surface area contributed by atoms with Crippen LogP contribution in [0.25, 0.3) is 10.9 Å². The first-order valence-corrected chi connectivity index (χ1v) is 3.51. The summed E-state index contributed by atoms with van der Waals surface area (Å²) in [5, 5.41) is -0.112. The van der Waals surface area contributed by atoms with Crippen molar-refractivity contribution in [3.63, 3.8) is 0 Å². The van der Waals surface area contributed by atoms with Crippen LogP contribution < -0.4 is 5.73 Å². The fraction of sp³-hybridized carbons (Fsp3) is 0. The molecule has 2 aromatic rings. The van der Waals surface area contributed by atoms with Gasteiger partial charge in [-0.25, -0.2) is 13.2 Å². The predicted octanol–water partition coefficient (Wildman–Crippen LogP) is 2.17. The third-order valence-electron chi connectivity index (χ3n) is 1.83. The number of nitrogens with one attached hydrogen (secondary N) is 1. The Morgan fingerprint density at radius 2 is 1.85 bits per heavy atom. The summed E-state index contributed by atoms with van der Waals surface area (Å²) >= 11 is 0. The first kappa shape index (κ1) is 7.97. The van der Waals surface area contributed by atoms with Gasteiger partial charge in [-0.3, -0.25) is 0 Å². The minimum Gasteiger partial charge on any atom is -0.397 e. The molecule has 0 unspecified atom stereocenters. The van der Waals surface area contributed by atoms with Gasteiger partial charge in [-0.1, -0.05) is 0 Å². The standard InChI is InChI=1S/C8H5F3N2/c9-3-1-5-6(4(12)2-13-5)8(11)7(3)10/h1-2,13H,12H2. The van der Waals surface area contributed by atoms with Gasteiger partial charge in [0.15, 0.2) is 17.5 Å². The van der Waals surface area contributed by atoms with Crippen molar-refractivity contribution in [2.75, 3.05) is 5.73 Å². The van der Waals surface area contributed by atoms with E-state index in [4.69, 9.17) is 5.73 Å². The Labute approximate surface area is 71.2 Å². The van der Waals surface area contributed by atoms with E-state index in [2.05, 4.69) is 4.98 Å². The number of H-pyrrole nitrogens is 1. The summed E-state index contributed by atoms with van der Waals surface area (Å²) in [5.74, 6) is -3.99. The number of nitrogen functional groups attached to an aromatic ring is 1. The van der Waals surface area contributed by atoms with Crippen molar-refractivity contribution >= 4 is 16.6 Å². The molecule has 0 radical (unpaired) electrons. The van der Waals surface area contributed by atoms with Gasteiger partial charge < -0.3 is 10.7 Å². The molecule has 0 saturated heterocycles. The molecule has 0 amide bonds. The Balaban J connectivity index is 2.97. The second-order valence-electron chi connectivity index (χ2n) is 2.65. The van der Waals surface area contributed by atoms with Crippen molar-refractivity contribution < 1.29 is 13.2 Å². The molecule has 0 saturated carbocycles. The van der Waals surface area contributed by atoms with Crippen LogP contribution in [0.4, 0.5) is 18.9 Å². The summed E-state index contributed by atoms with van der Waals surface area (Å²) in [4.78, 5) is 2.53. The van der Waals surface area contributed by atoms with E-state index in [1.165, 1.54) is 6.20 Å². The molecule has 2 rings (SSSR count). The molecule has 0 spiro atoms. The minimum absolute atomic E-state index is 0.0615. The number of nitrogens with two attached hydrogens (primary N) is 1. The molecular formula is C8H5F3N2. The molecule has 2 nitrogen and oxygen atoms in total. The lowest BCUT2D eigenvalue weighted by Crippen LogP contribution is -1.92. The maximum absolute atomic E-state index is 13.0. The van der Waals surface area contributed by atoms with E-state index in [9.17, 15) is 13.2 Å². The number of halogens is 3. The van der Waals surface area contributed by atoms with Crippen LogP contribution in [0.2, 0.25) is 0 Å². The van der Waals surface area contributed by atoms with E-state index in [1.807, 2.05) is 0 Å². The molecule has 0 fully saturated rings. The lowest BCUT2D eigenvalue weighted by molar-refractivity contribution is 0.453. The molecule has 1 heterocycles. The molecular weight excluding hydrogens is 181 g/mol. The summed E-state index contributed by atoms with van der Waals surface area (Å²) in [7, 11) is 0. The topological polar surface area (TPSA) is 41.8 Å². The fourth-order valence-electron chi connectivity index (χ4n) is 1.22. The summed E-state index contributed by atoms with van der Waals surface area (Å²) < 4.78 is 38.4. The van der Waals surface area contributed by atoms with E-state index in [0.717, 1.165) is 6.07 Å². The molecule has 0 bridgehead atoms. The van der Waals surface area contributed by atoms with E-state index >= 15 is 0 Å². The van der Waals surface area contributed by atoms with Crippen molar-refractivity contribution in [3.05, 3.63) is 29.7 Å². The SMILES string of the molecule is Nc1c[nH]c2cc(F)c(F)c(F)c12. The van der Waals surface area contributed by atoms with E-state index in [0.29, 0.717) is 0 Å². The maximum atomic E-state index is 13.0. The highest BCUT2D eigenvalue weighted by Crippen LogP contribution is 2.26. The Kier molecular flexibility index (Phi) is 1.48. The molecule has 68 valence electrons. The van der Waals surface area contributed by atoms with Crippen LogP contribution in [0, 0.1) is 17.5 Å². The van der Waals surface area contributed by atoms with Crippen LogP contribution in [-0.2, 0) is 0 Å². The highest BCUT2D eigenvalue weighted by molar-refractivity contribution is 5.91. The molecule has 0 aliphatic carbocycles. The van der Waals surface area contributed by atoms with Crippen molar-refractivity contribution in [1.29, 1.82) is 0 Å². The van der Waals surface area contributed by atoms with Gasteiger partial charge in [0.2, 0.25) is 0 Å². The molecule has 13 heavy (non-hydrogen) atoms. The first-order chi connectivity index (χ1) is 6.11. The Morgan fingerprint density at radius 1 is 1.15 bits per heavy atom. The molecule has 1 aromatic heterocycles.